The minimum Gasteiger partial charge on any atom is -0.307 e. The molecule has 2 aliphatic heterocycles. The monoisotopic (exact) mass is 320 g/mol. The molecule has 0 spiro atoms. The van der Waals surface area contributed by atoms with Crippen LogP contribution in [0.4, 0.5) is 5.69 Å². The summed E-state index contributed by atoms with van der Waals surface area (Å²) >= 11 is 0. The van der Waals surface area contributed by atoms with Crippen molar-refractivity contribution in [2.24, 2.45) is 0 Å². The molecular weight excluding hydrogens is 296 g/mol. The summed E-state index contributed by atoms with van der Waals surface area (Å²) < 4.78 is 0. The Morgan fingerprint density at radius 3 is 2.29 bits per heavy atom. The Kier molecular flexibility index (Phi) is 4.35. The maximum Gasteiger partial charge on any atom is 0.241 e. The van der Waals surface area contributed by atoms with E-state index in [0.29, 0.717) is 13.1 Å². The molecule has 1 fully saturated rings. The largest absolute Gasteiger partial charge is 0.307 e. The topological polar surface area (TPSA) is 23.6 Å². The van der Waals surface area contributed by atoms with Crippen LogP contribution in [-0.2, 0) is 17.8 Å². The number of benzene rings is 2. The van der Waals surface area contributed by atoms with Crippen molar-refractivity contribution in [2.75, 3.05) is 24.5 Å². The van der Waals surface area contributed by atoms with Crippen LogP contribution in [0.25, 0.3) is 0 Å². The molecule has 0 bridgehead atoms. The van der Waals surface area contributed by atoms with Crippen molar-refractivity contribution in [1.29, 1.82) is 0 Å². The molecule has 3 heteroatoms. The van der Waals surface area contributed by atoms with Crippen LogP contribution in [0.15, 0.2) is 48.5 Å². The number of carbonyl (C=O) groups excluding carboxylic acids is 1. The number of fused-ring (bicyclic) bond motifs is 2. The molecule has 0 aromatic heterocycles. The van der Waals surface area contributed by atoms with Crippen LogP contribution in [0.2, 0.25) is 0 Å². The number of carbonyl (C=O) groups is 1. The molecule has 124 valence electrons. The maximum atomic E-state index is 13.1. The van der Waals surface area contributed by atoms with E-state index in [9.17, 15) is 4.79 Å². The van der Waals surface area contributed by atoms with E-state index >= 15 is 0 Å². The summed E-state index contributed by atoms with van der Waals surface area (Å²) in [4.78, 5) is 17.4. The molecule has 0 unspecified atom stereocenters. The Morgan fingerprint density at radius 1 is 0.833 bits per heavy atom. The van der Waals surface area contributed by atoms with Crippen molar-refractivity contribution in [2.45, 2.75) is 32.2 Å². The van der Waals surface area contributed by atoms with Crippen molar-refractivity contribution in [3.05, 3.63) is 65.2 Å². The van der Waals surface area contributed by atoms with Gasteiger partial charge in [-0.3, -0.25) is 9.69 Å². The fourth-order valence-corrected chi connectivity index (χ4v) is 3.89. The SMILES string of the molecule is O=C(CN1CCCCC1)N1Cc2ccccc2Cc2ccccc21. The first-order chi connectivity index (χ1) is 11.8. The fraction of sp³-hybridized carbons (Fsp3) is 0.381. The Morgan fingerprint density at radius 2 is 1.50 bits per heavy atom. The van der Waals surface area contributed by atoms with E-state index in [-0.39, 0.29) is 5.91 Å². The molecule has 2 aromatic rings. The molecule has 3 nitrogen and oxygen atoms in total. The molecule has 0 atom stereocenters. The van der Waals surface area contributed by atoms with Crippen LogP contribution in [0, 0.1) is 0 Å². The van der Waals surface area contributed by atoms with E-state index in [0.717, 1.165) is 25.2 Å². The number of hydrogen-bond donors (Lipinski definition) is 0. The number of para-hydroxylation sites is 1. The van der Waals surface area contributed by atoms with Gasteiger partial charge in [-0.15, -0.1) is 0 Å². The average molecular weight is 320 g/mol. The quantitative estimate of drug-likeness (QED) is 0.844. The van der Waals surface area contributed by atoms with Gasteiger partial charge < -0.3 is 4.90 Å². The number of anilines is 1. The molecule has 0 N–H and O–H groups in total. The Labute approximate surface area is 143 Å². The normalized spacial score (nSPS) is 17.8. The van der Waals surface area contributed by atoms with Crippen LogP contribution < -0.4 is 4.90 Å². The number of hydrogen-bond acceptors (Lipinski definition) is 2. The standard InChI is InChI=1S/C21H24N2O/c24-21(16-22-12-6-1-7-13-22)23-15-19-10-3-2-8-17(19)14-18-9-4-5-11-20(18)23/h2-5,8-11H,1,6-7,12-16H2. The third-order valence-electron chi connectivity index (χ3n) is 5.22. The number of likely N-dealkylation sites (tertiary alicyclic amines) is 1. The summed E-state index contributed by atoms with van der Waals surface area (Å²) in [5.41, 5.74) is 4.92. The summed E-state index contributed by atoms with van der Waals surface area (Å²) in [5, 5.41) is 0. The van der Waals surface area contributed by atoms with Gasteiger partial charge in [0.1, 0.15) is 0 Å². The Bertz CT molecular complexity index is 734. The highest BCUT2D eigenvalue weighted by Gasteiger charge is 2.25. The van der Waals surface area contributed by atoms with E-state index in [2.05, 4.69) is 47.4 Å². The predicted molar refractivity (Wildman–Crippen MR) is 97.2 cm³/mol. The van der Waals surface area contributed by atoms with E-state index in [1.807, 2.05) is 11.0 Å². The van der Waals surface area contributed by atoms with Crippen LogP contribution in [0.3, 0.4) is 0 Å². The lowest BCUT2D eigenvalue weighted by Gasteiger charge is -2.30. The second kappa shape index (κ2) is 6.78. The molecule has 2 aromatic carbocycles. The molecule has 2 aliphatic rings. The number of amides is 1. The molecular formula is C21H24N2O. The molecule has 0 saturated carbocycles. The zero-order valence-electron chi connectivity index (χ0n) is 14.1. The van der Waals surface area contributed by atoms with Crippen LogP contribution in [0.5, 0.6) is 0 Å². The zero-order valence-corrected chi connectivity index (χ0v) is 14.1. The molecule has 1 amide bonds. The van der Waals surface area contributed by atoms with Crippen molar-refractivity contribution < 1.29 is 4.79 Å². The van der Waals surface area contributed by atoms with E-state index < -0.39 is 0 Å². The summed E-state index contributed by atoms with van der Waals surface area (Å²) in [6.45, 7) is 3.33. The smallest absolute Gasteiger partial charge is 0.241 e. The third kappa shape index (κ3) is 3.09. The Balaban J connectivity index is 1.64. The first-order valence-corrected chi connectivity index (χ1v) is 8.99. The van der Waals surface area contributed by atoms with Gasteiger partial charge in [0.25, 0.3) is 0 Å². The summed E-state index contributed by atoms with van der Waals surface area (Å²) in [6.07, 6.45) is 4.63. The summed E-state index contributed by atoms with van der Waals surface area (Å²) in [6, 6.07) is 16.9. The van der Waals surface area contributed by atoms with Crippen molar-refractivity contribution in [1.82, 2.24) is 4.90 Å². The molecule has 0 radical (unpaired) electrons. The van der Waals surface area contributed by atoms with Gasteiger partial charge in [0.05, 0.1) is 13.1 Å². The van der Waals surface area contributed by atoms with Crippen LogP contribution in [-0.4, -0.2) is 30.4 Å². The lowest BCUT2D eigenvalue weighted by molar-refractivity contribution is -0.120. The van der Waals surface area contributed by atoms with Crippen molar-refractivity contribution in [3.8, 4) is 0 Å². The first kappa shape index (κ1) is 15.4. The lowest BCUT2D eigenvalue weighted by atomic mass is 10.0. The molecule has 24 heavy (non-hydrogen) atoms. The van der Waals surface area contributed by atoms with Crippen molar-refractivity contribution >= 4 is 11.6 Å². The van der Waals surface area contributed by atoms with Gasteiger partial charge in [-0.1, -0.05) is 48.9 Å². The maximum absolute atomic E-state index is 13.1. The second-order valence-electron chi connectivity index (χ2n) is 6.89. The van der Waals surface area contributed by atoms with Crippen molar-refractivity contribution in [3.63, 3.8) is 0 Å². The van der Waals surface area contributed by atoms with Gasteiger partial charge in [-0.25, -0.2) is 0 Å². The van der Waals surface area contributed by atoms with Gasteiger partial charge in [0.2, 0.25) is 5.91 Å². The number of piperidine rings is 1. The van der Waals surface area contributed by atoms with E-state index in [1.54, 1.807) is 0 Å². The lowest BCUT2D eigenvalue weighted by Crippen LogP contribution is -2.42. The minimum atomic E-state index is 0.223. The fourth-order valence-electron chi connectivity index (χ4n) is 3.89. The van der Waals surface area contributed by atoms with Gasteiger partial charge in [-0.05, 0) is 55.1 Å². The highest BCUT2D eigenvalue weighted by Crippen LogP contribution is 2.30. The molecule has 4 rings (SSSR count). The third-order valence-corrected chi connectivity index (χ3v) is 5.22. The van der Waals surface area contributed by atoms with Gasteiger partial charge in [0, 0.05) is 5.69 Å². The Hall–Kier alpha value is -2.13. The number of nitrogens with zero attached hydrogens (tertiary/aromatic N) is 2. The average Bonchev–Trinajstić information content (AvgIpc) is 2.79. The summed E-state index contributed by atoms with van der Waals surface area (Å²) in [7, 11) is 0. The second-order valence-corrected chi connectivity index (χ2v) is 6.89. The van der Waals surface area contributed by atoms with Gasteiger partial charge in [0.15, 0.2) is 0 Å². The van der Waals surface area contributed by atoms with E-state index in [1.165, 1.54) is 36.0 Å². The van der Waals surface area contributed by atoms with Gasteiger partial charge in [-0.2, -0.15) is 0 Å². The van der Waals surface area contributed by atoms with Crippen LogP contribution in [0.1, 0.15) is 36.0 Å². The van der Waals surface area contributed by atoms with Gasteiger partial charge >= 0.3 is 0 Å². The molecule has 2 heterocycles. The zero-order chi connectivity index (χ0) is 16.4. The number of rotatable bonds is 2. The summed E-state index contributed by atoms with van der Waals surface area (Å²) in [5.74, 6) is 0.223. The predicted octanol–water partition coefficient (Wildman–Crippen LogP) is 3.61. The highest BCUT2D eigenvalue weighted by molar-refractivity contribution is 5.96. The first-order valence-electron chi connectivity index (χ1n) is 8.99. The van der Waals surface area contributed by atoms with Crippen LogP contribution >= 0.6 is 0 Å². The molecule has 1 saturated heterocycles. The molecule has 0 aliphatic carbocycles. The highest BCUT2D eigenvalue weighted by atomic mass is 16.2. The minimum absolute atomic E-state index is 0.223. The van der Waals surface area contributed by atoms with E-state index in [4.69, 9.17) is 0 Å².